The smallest absolute Gasteiger partial charge is 0.226 e. The number of thiazole rings is 1. The third-order valence-corrected chi connectivity index (χ3v) is 3.91. The predicted molar refractivity (Wildman–Crippen MR) is 73.2 cm³/mol. The summed E-state index contributed by atoms with van der Waals surface area (Å²) in [5.74, 6) is -0.0335. The Morgan fingerprint density at radius 2 is 2.24 bits per heavy atom. The number of hydrogen-bond acceptors (Lipinski definition) is 3. The molecule has 0 aliphatic rings. The van der Waals surface area contributed by atoms with Crippen LogP contribution >= 0.6 is 34.5 Å². The second-order valence-electron chi connectivity index (χ2n) is 3.53. The SMILES string of the molecule is CCCC(=O)Nc1nc2c(Cl)c(Cl)ccc2s1. The van der Waals surface area contributed by atoms with E-state index in [0.717, 1.165) is 11.1 Å². The first-order chi connectivity index (χ1) is 8.11. The fraction of sp³-hybridized carbons (Fsp3) is 0.273. The summed E-state index contributed by atoms with van der Waals surface area (Å²) in [7, 11) is 0. The maximum Gasteiger partial charge on any atom is 0.226 e. The van der Waals surface area contributed by atoms with Crippen LogP contribution in [0, 0.1) is 0 Å². The summed E-state index contributed by atoms with van der Waals surface area (Å²) in [5, 5.41) is 4.20. The Hall–Kier alpha value is -0.840. The van der Waals surface area contributed by atoms with Gasteiger partial charge in [0.1, 0.15) is 5.52 Å². The Morgan fingerprint density at radius 3 is 2.94 bits per heavy atom. The quantitative estimate of drug-likeness (QED) is 0.913. The van der Waals surface area contributed by atoms with Gasteiger partial charge in [0.25, 0.3) is 0 Å². The van der Waals surface area contributed by atoms with E-state index in [1.807, 2.05) is 13.0 Å². The van der Waals surface area contributed by atoms with Gasteiger partial charge in [0, 0.05) is 6.42 Å². The van der Waals surface area contributed by atoms with Crippen molar-refractivity contribution < 1.29 is 4.79 Å². The summed E-state index contributed by atoms with van der Waals surface area (Å²) >= 11 is 13.3. The number of carbonyl (C=O) groups is 1. The molecule has 0 spiro atoms. The lowest BCUT2D eigenvalue weighted by Gasteiger charge is -1.97. The van der Waals surface area contributed by atoms with E-state index in [9.17, 15) is 4.79 Å². The molecular weight excluding hydrogens is 279 g/mol. The van der Waals surface area contributed by atoms with Crippen LogP contribution in [0.25, 0.3) is 10.2 Å². The zero-order chi connectivity index (χ0) is 12.4. The zero-order valence-electron chi connectivity index (χ0n) is 9.09. The first-order valence-electron chi connectivity index (χ1n) is 5.16. The third kappa shape index (κ3) is 2.70. The summed E-state index contributed by atoms with van der Waals surface area (Å²) in [6.07, 6.45) is 1.30. The first-order valence-corrected chi connectivity index (χ1v) is 6.73. The van der Waals surface area contributed by atoms with E-state index in [4.69, 9.17) is 23.2 Å². The van der Waals surface area contributed by atoms with Crippen LogP contribution in [-0.4, -0.2) is 10.9 Å². The third-order valence-electron chi connectivity index (χ3n) is 2.18. The number of halogens is 2. The van der Waals surface area contributed by atoms with Crippen LogP contribution < -0.4 is 5.32 Å². The topological polar surface area (TPSA) is 42.0 Å². The standard InChI is InChI=1S/C11H10Cl2N2OS/c1-2-3-8(16)14-11-15-10-7(17-11)5-4-6(12)9(10)13/h4-5H,2-3H2,1H3,(H,14,15,16). The molecule has 1 N–H and O–H groups in total. The van der Waals surface area contributed by atoms with Crippen molar-refractivity contribution in [3.8, 4) is 0 Å². The molecule has 90 valence electrons. The second kappa shape index (κ2) is 5.21. The van der Waals surface area contributed by atoms with E-state index < -0.39 is 0 Å². The number of anilines is 1. The highest BCUT2D eigenvalue weighted by molar-refractivity contribution is 7.22. The van der Waals surface area contributed by atoms with E-state index in [-0.39, 0.29) is 5.91 Å². The summed E-state index contributed by atoms with van der Waals surface area (Å²) < 4.78 is 0.909. The molecule has 17 heavy (non-hydrogen) atoms. The number of aromatic nitrogens is 1. The number of carbonyl (C=O) groups excluding carboxylic acids is 1. The average molecular weight is 289 g/mol. The van der Waals surface area contributed by atoms with Crippen molar-refractivity contribution in [3.05, 3.63) is 22.2 Å². The molecular formula is C11H10Cl2N2OS. The number of benzene rings is 1. The lowest BCUT2D eigenvalue weighted by molar-refractivity contribution is -0.116. The molecule has 0 unspecified atom stereocenters. The van der Waals surface area contributed by atoms with Crippen LogP contribution in [0.4, 0.5) is 5.13 Å². The largest absolute Gasteiger partial charge is 0.302 e. The molecule has 0 saturated carbocycles. The van der Waals surface area contributed by atoms with Gasteiger partial charge in [0.05, 0.1) is 14.7 Å². The summed E-state index contributed by atoms with van der Waals surface area (Å²) in [4.78, 5) is 15.7. The van der Waals surface area contributed by atoms with E-state index in [0.29, 0.717) is 27.1 Å². The molecule has 0 fully saturated rings. The molecule has 0 bridgehead atoms. The average Bonchev–Trinajstić information content (AvgIpc) is 2.67. The molecule has 0 radical (unpaired) electrons. The van der Waals surface area contributed by atoms with Gasteiger partial charge in [-0.3, -0.25) is 4.79 Å². The summed E-state index contributed by atoms with van der Waals surface area (Å²) in [6, 6.07) is 3.57. The Labute approximate surface area is 113 Å². The molecule has 1 amide bonds. The Morgan fingerprint density at radius 1 is 1.47 bits per heavy atom. The molecule has 1 aromatic heterocycles. The fourth-order valence-corrected chi connectivity index (χ4v) is 2.71. The minimum absolute atomic E-state index is 0.0335. The number of nitrogens with one attached hydrogen (secondary N) is 1. The van der Waals surface area contributed by atoms with Crippen LogP contribution in [0.2, 0.25) is 10.0 Å². The molecule has 1 heterocycles. The highest BCUT2D eigenvalue weighted by Crippen LogP contribution is 2.35. The van der Waals surface area contributed by atoms with E-state index in [1.165, 1.54) is 11.3 Å². The van der Waals surface area contributed by atoms with E-state index in [2.05, 4.69) is 10.3 Å². The van der Waals surface area contributed by atoms with E-state index >= 15 is 0 Å². The zero-order valence-corrected chi connectivity index (χ0v) is 11.4. The van der Waals surface area contributed by atoms with Gasteiger partial charge in [-0.15, -0.1) is 0 Å². The molecule has 2 rings (SSSR count). The molecule has 6 heteroatoms. The van der Waals surface area contributed by atoms with Gasteiger partial charge in [-0.2, -0.15) is 0 Å². The Kier molecular flexibility index (Phi) is 3.86. The van der Waals surface area contributed by atoms with Crippen molar-refractivity contribution in [1.82, 2.24) is 4.98 Å². The number of amides is 1. The maximum absolute atomic E-state index is 11.4. The van der Waals surface area contributed by atoms with Crippen LogP contribution in [0.5, 0.6) is 0 Å². The Bertz CT molecular complexity index is 568. The van der Waals surface area contributed by atoms with Crippen LogP contribution in [0.1, 0.15) is 19.8 Å². The Balaban J connectivity index is 2.32. The monoisotopic (exact) mass is 288 g/mol. The molecule has 0 atom stereocenters. The molecule has 1 aromatic carbocycles. The lowest BCUT2D eigenvalue weighted by atomic mass is 10.3. The number of rotatable bonds is 3. The van der Waals surface area contributed by atoms with Gasteiger partial charge in [-0.25, -0.2) is 4.98 Å². The van der Waals surface area contributed by atoms with Crippen molar-refractivity contribution in [2.75, 3.05) is 5.32 Å². The van der Waals surface area contributed by atoms with Crippen molar-refractivity contribution in [1.29, 1.82) is 0 Å². The van der Waals surface area contributed by atoms with Crippen LogP contribution in [0.3, 0.4) is 0 Å². The van der Waals surface area contributed by atoms with Gasteiger partial charge >= 0.3 is 0 Å². The predicted octanol–water partition coefficient (Wildman–Crippen LogP) is 4.34. The second-order valence-corrected chi connectivity index (χ2v) is 5.34. The van der Waals surface area contributed by atoms with Crippen molar-refractivity contribution in [2.24, 2.45) is 0 Å². The van der Waals surface area contributed by atoms with Gasteiger partial charge in [-0.1, -0.05) is 41.5 Å². The van der Waals surface area contributed by atoms with Crippen molar-refractivity contribution in [2.45, 2.75) is 19.8 Å². The van der Waals surface area contributed by atoms with Gasteiger partial charge in [0.2, 0.25) is 5.91 Å². The summed E-state index contributed by atoms with van der Waals surface area (Å²) in [5.41, 5.74) is 0.635. The number of nitrogens with zero attached hydrogens (tertiary/aromatic N) is 1. The summed E-state index contributed by atoms with van der Waals surface area (Å²) in [6.45, 7) is 1.95. The molecule has 3 nitrogen and oxygen atoms in total. The van der Waals surface area contributed by atoms with Crippen molar-refractivity contribution >= 4 is 55.8 Å². The van der Waals surface area contributed by atoms with Crippen LogP contribution in [-0.2, 0) is 4.79 Å². The molecule has 2 aromatic rings. The number of fused-ring (bicyclic) bond motifs is 1. The van der Waals surface area contributed by atoms with E-state index in [1.54, 1.807) is 6.07 Å². The van der Waals surface area contributed by atoms with Gasteiger partial charge < -0.3 is 5.32 Å². The molecule has 0 aliphatic heterocycles. The maximum atomic E-state index is 11.4. The van der Waals surface area contributed by atoms with Gasteiger partial charge in [-0.05, 0) is 18.6 Å². The van der Waals surface area contributed by atoms with Gasteiger partial charge in [0.15, 0.2) is 5.13 Å². The fourth-order valence-electron chi connectivity index (χ4n) is 1.40. The highest BCUT2D eigenvalue weighted by Gasteiger charge is 2.11. The van der Waals surface area contributed by atoms with Crippen LogP contribution in [0.15, 0.2) is 12.1 Å². The van der Waals surface area contributed by atoms with Crippen molar-refractivity contribution in [3.63, 3.8) is 0 Å². The lowest BCUT2D eigenvalue weighted by Crippen LogP contribution is -2.09. The molecule has 0 saturated heterocycles. The minimum atomic E-state index is -0.0335. The first kappa shape index (κ1) is 12.6. The number of hydrogen-bond donors (Lipinski definition) is 1. The molecule has 0 aliphatic carbocycles. The highest BCUT2D eigenvalue weighted by atomic mass is 35.5. The normalized spacial score (nSPS) is 10.8. The minimum Gasteiger partial charge on any atom is -0.302 e.